The van der Waals surface area contributed by atoms with Gasteiger partial charge in [0, 0.05) is 34.1 Å². The molecule has 0 aliphatic rings. The van der Waals surface area contributed by atoms with Crippen molar-refractivity contribution in [3.63, 3.8) is 0 Å². The molecule has 25 heavy (non-hydrogen) atoms. The largest absolute Gasteiger partial charge is 0.331 e. The second-order valence-corrected chi connectivity index (χ2v) is 7.66. The number of urea groups is 1. The van der Waals surface area contributed by atoms with Crippen LogP contribution in [0.4, 0.5) is 10.5 Å². The van der Waals surface area contributed by atoms with Crippen molar-refractivity contribution in [1.82, 2.24) is 15.3 Å². The Bertz CT molecular complexity index is 834. The average Bonchev–Trinajstić information content (AvgIpc) is 3.02. The van der Waals surface area contributed by atoms with Gasteiger partial charge in [0.25, 0.3) is 0 Å². The lowest BCUT2D eigenvalue weighted by atomic mass is 10.1. The number of anilines is 1. The van der Waals surface area contributed by atoms with Crippen molar-refractivity contribution in [2.24, 2.45) is 0 Å². The summed E-state index contributed by atoms with van der Waals surface area (Å²) in [6.07, 6.45) is 3.43. The monoisotopic (exact) mass is 370 g/mol. The molecule has 0 spiro atoms. The number of nitrogens with one attached hydrogen (secondary N) is 2. The van der Waals surface area contributed by atoms with E-state index in [1.807, 2.05) is 55.6 Å². The van der Waals surface area contributed by atoms with Gasteiger partial charge in [-0.2, -0.15) is 0 Å². The number of aromatic nitrogens is 2. The van der Waals surface area contributed by atoms with Crippen molar-refractivity contribution in [2.45, 2.75) is 29.1 Å². The molecule has 128 valence electrons. The topological polar surface area (TPSA) is 66.9 Å². The second-order valence-electron chi connectivity index (χ2n) is 5.48. The molecule has 2 aromatic heterocycles. The van der Waals surface area contributed by atoms with Crippen molar-refractivity contribution >= 4 is 34.8 Å². The first-order chi connectivity index (χ1) is 12.1. The van der Waals surface area contributed by atoms with E-state index < -0.39 is 0 Å². The fraction of sp³-hybridized carbons (Fsp3) is 0.167. The van der Waals surface area contributed by atoms with E-state index in [0.717, 1.165) is 26.2 Å². The minimum atomic E-state index is -0.236. The standard InChI is InChI=1S/C18H18N4OS2/c1-12-11-24-18(20-12)25-16-5-3-15(4-6-16)22-17(23)21-13(2)14-7-9-19-10-8-14/h3-11,13H,1-2H3,(H2,21,22,23). The van der Waals surface area contributed by atoms with Crippen LogP contribution >= 0.6 is 23.1 Å². The summed E-state index contributed by atoms with van der Waals surface area (Å²) < 4.78 is 1.02. The van der Waals surface area contributed by atoms with Gasteiger partial charge in [0.15, 0.2) is 4.34 Å². The molecule has 5 nitrogen and oxygen atoms in total. The van der Waals surface area contributed by atoms with Gasteiger partial charge < -0.3 is 10.6 Å². The van der Waals surface area contributed by atoms with Crippen LogP contribution < -0.4 is 10.6 Å². The average molecular weight is 371 g/mol. The van der Waals surface area contributed by atoms with Crippen molar-refractivity contribution in [2.75, 3.05) is 5.32 Å². The third-order valence-electron chi connectivity index (χ3n) is 3.47. The number of nitrogens with zero attached hydrogens (tertiary/aromatic N) is 2. The van der Waals surface area contributed by atoms with Gasteiger partial charge in [0.2, 0.25) is 0 Å². The third kappa shape index (κ3) is 5.04. The van der Waals surface area contributed by atoms with E-state index in [2.05, 4.69) is 20.6 Å². The maximum Gasteiger partial charge on any atom is 0.319 e. The van der Waals surface area contributed by atoms with Gasteiger partial charge in [-0.25, -0.2) is 9.78 Å². The van der Waals surface area contributed by atoms with E-state index in [0.29, 0.717) is 0 Å². The molecule has 3 rings (SSSR count). The number of hydrogen-bond donors (Lipinski definition) is 2. The highest BCUT2D eigenvalue weighted by atomic mass is 32.2. The summed E-state index contributed by atoms with van der Waals surface area (Å²) in [4.78, 5) is 21.6. The van der Waals surface area contributed by atoms with Gasteiger partial charge in [-0.3, -0.25) is 4.98 Å². The Hall–Kier alpha value is -2.38. The number of rotatable bonds is 5. The molecule has 1 atom stereocenters. The van der Waals surface area contributed by atoms with Crippen LogP contribution in [-0.4, -0.2) is 16.0 Å². The lowest BCUT2D eigenvalue weighted by molar-refractivity contribution is 0.249. The Labute approximate surface area is 154 Å². The van der Waals surface area contributed by atoms with Crippen LogP contribution in [0, 0.1) is 6.92 Å². The summed E-state index contributed by atoms with van der Waals surface area (Å²) >= 11 is 3.25. The molecule has 0 saturated heterocycles. The highest BCUT2D eigenvalue weighted by Gasteiger charge is 2.09. The summed E-state index contributed by atoms with van der Waals surface area (Å²) in [5, 5.41) is 7.79. The van der Waals surface area contributed by atoms with Gasteiger partial charge in [-0.15, -0.1) is 11.3 Å². The van der Waals surface area contributed by atoms with E-state index in [-0.39, 0.29) is 12.1 Å². The van der Waals surface area contributed by atoms with Gasteiger partial charge in [-0.1, -0.05) is 11.8 Å². The van der Waals surface area contributed by atoms with Crippen molar-refractivity contribution < 1.29 is 4.79 Å². The fourth-order valence-corrected chi connectivity index (χ4v) is 4.00. The summed E-state index contributed by atoms with van der Waals surface area (Å²) in [7, 11) is 0. The summed E-state index contributed by atoms with van der Waals surface area (Å²) in [5.74, 6) is 0. The SMILES string of the molecule is Cc1csc(Sc2ccc(NC(=O)NC(C)c3ccncc3)cc2)n1. The number of benzene rings is 1. The molecule has 1 aromatic carbocycles. The molecule has 1 unspecified atom stereocenters. The first-order valence-corrected chi connectivity index (χ1v) is 9.47. The van der Waals surface area contributed by atoms with Crippen LogP contribution in [-0.2, 0) is 0 Å². The smallest absolute Gasteiger partial charge is 0.319 e. The van der Waals surface area contributed by atoms with Crippen LogP contribution in [0.15, 0.2) is 63.4 Å². The third-order valence-corrected chi connectivity index (χ3v) is 5.53. The van der Waals surface area contributed by atoms with E-state index in [1.54, 1.807) is 35.5 Å². The van der Waals surface area contributed by atoms with Crippen LogP contribution in [0.3, 0.4) is 0 Å². The highest BCUT2D eigenvalue weighted by Crippen LogP contribution is 2.30. The first kappa shape index (κ1) is 17.4. The van der Waals surface area contributed by atoms with Gasteiger partial charge in [0.1, 0.15) is 0 Å². The Kier molecular flexibility index (Phi) is 5.67. The molecule has 0 aliphatic carbocycles. The lowest BCUT2D eigenvalue weighted by Gasteiger charge is -2.15. The molecule has 2 N–H and O–H groups in total. The van der Waals surface area contributed by atoms with Gasteiger partial charge in [0.05, 0.1) is 6.04 Å². The van der Waals surface area contributed by atoms with E-state index in [1.165, 1.54) is 0 Å². The number of aryl methyl sites for hydroxylation is 1. The van der Waals surface area contributed by atoms with Crippen LogP contribution in [0.1, 0.15) is 24.2 Å². The lowest BCUT2D eigenvalue weighted by Crippen LogP contribution is -2.31. The first-order valence-electron chi connectivity index (χ1n) is 7.77. The Morgan fingerprint density at radius 2 is 1.88 bits per heavy atom. The molecule has 3 aromatic rings. The predicted molar refractivity (Wildman–Crippen MR) is 102 cm³/mol. The molecule has 0 radical (unpaired) electrons. The molecule has 2 amide bonds. The molecule has 2 heterocycles. The summed E-state index contributed by atoms with van der Waals surface area (Å²) in [5.41, 5.74) is 2.79. The molecule has 0 aliphatic heterocycles. The number of amides is 2. The normalized spacial score (nSPS) is 11.8. The number of pyridine rings is 1. The summed E-state index contributed by atoms with van der Waals surface area (Å²) in [6, 6.07) is 11.2. The number of thiazole rings is 1. The highest BCUT2D eigenvalue weighted by molar-refractivity contribution is 8.01. The molecule has 0 saturated carbocycles. The Morgan fingerprint density at radius 1 is 1.16 bits per heavy atom. The Morgan fingerprint density at radius 3 is 2.52 bits per heavy atom. The quantitative estimate of drug-likeness (QED) is 0.672. The van der Waals surface area contributed by atoms with Crippen LogP contribution in [0.2, 0.25) is 0 Å². The molecule has 0 bridgehead atoms. The number of carbonyl (C=O) groups excluding carboxylic acids is 1. The molecule has 0 fully saturated rings. The molecular weight excluding hydrogens is 352 g/mol. The van der Waals surface area contributed by atoms with E-state index >= 15 is 0 Å². The van der Waals surface area contributed by atoms with Crippen LogP contribution in [0.5, 0.6) is 0 Å². The number of carbonyl (C=O) groups is 1. The minimum absolute atomic E-state index is 0.0917. The zero-order valence-corrected chi connectivity index (χ0v) is 15.5. The van der Waals surface area contributed by atoms with Gasteiger partial charge in [-0.05, 0) is 55.8 Å². The zero-order chi connectivity index (χ0) is 17.6. The second kappa shape index (κ2) is 8.13. The zero-order valence-electron chi connectivity index (χ0n) is 13.9. The Balaban J connectivity index is 1.55. The maximum absolute atomic E-state index is 12.1. The molecular formula is C18H18N4OS2. The van der Waals surface area contributed by atoms with Gasteiger partial charge >= 0.3 is 6.03 Å². The van der Waals surface area contributed by atoms with Crippen molar-refractivity contribution in [1.29, 1.82) is 0 Å². The van der Waals surface area contributed by atoms with Crippen LogP contribution in [0.25, 0.3) is 0 Å². The maximum atomic E-state index is 12.1. The van der Waals surface area contributed by atoms with Crippen molar-refractivity contribution in [3.05, 3.63) is 65.4 Å². The molecule has 7 heteroatoms. The summed E-state index contributed by atoms with van der Waals surface area (Å²) in [6.45, 7) is 3.92. The minimum Gasteiger partial charge on any atom is -0.331 e. The van der Waals surface area contributed by atoms with E-state index in [9.17, 15) is 4.79 Å². The van der Waals surface area contributed by atoms with Crippen molar-refractivity contribution in [3.8, 4) is 0 Å². The van der Waals surface area contributed by atoms with E-state index in [4.69, 9.17) is 0 Å². The number of hydrogen-bond acceptors (Lipinski definition) is 5. The predicted octanol–water partition coefficient (Wildman–Crippen LogP) is 4.88. The fourth-order valence-electron chi connectivity index (χ4n) is 2.19.